The Labute approximate surface area is 216 Å². The van der Waals surface area contributed by atoms with Crippen molar-refractivity contribution < 1.29 is 19.3 Å². The van der Waals surface area contributed by atoms with Crippen LogP contribution in [0.2, 0.25) is 5.02 Å². The zero-order chi connectivity index (χ0) is 24.3. The smallest absolute Gasteiger partial charge is 0.272 e. The average molecular weight is 612 g/mol. The summed E-state index contributed by atoms with van der Waals surface area (Å²) in [5.41, 5.74) is 0.278. The van der Waals surface area contributed by atoms with Crippen LogP contribution in [0.25, 0.3) is 0 Å². The third-order valence-electron chi connectivity index (χ3n) is 7.02. The van der Waals surface area contributed by atoms with Crippen LogP contribution in [0, 0.1) is 33.8 Å². The number of hydrogen-bond acceptors (Lipinski definition) is 5. The van der Waals surface area contributed by atoms with E-state index >= 15 is 0 Å². The third kappa shape index (κ3) is 3.58. The van der Waals surface area contributed by atoms with Gasteiger partial charge in [0.05, 0.1) is 23.3 Å². The second-order valence-electron chi connectivity index (χ2n) is 8.75. The van der Waals surface area contributed by atoms with Gasteiger partial charge in [0.25, 0.3) is 23.4 Å². The first-order valence-corrected chi connectivity index (χ1v) is 12.9. The molecule has 0 radical (unpaired) electrons. The van der Waals surface area contributed by atoms with Crippen LogP contribution in [0.4, 0.5) is 5.69 Å². The summed E-state index contributed by atoms with van der Waals surface area (Å²) in [5, 5.41) is 13.7. The van der Waals surface area contributed by atoms with Crippen molar-refractivity contribution in [2.45, 2.75) is 22.6 Å². The van der Waals surface area contributed by atoms with Crippen molar-refractivity contribution >= 4 is 66.9 Å². The Kier molecular flexibility index (Phi) is 6.02. The summed E-state index contributed by atoms with van der Waals surface area (Å²) in [6, 6.07) is 12.1. The van der Waals surface area contributed by atoms with Gasteiger partial charge in [0.1, 0.15) is 0 Å². The molecule has 5 rings (SSSR count). The van der Waals surface area contributed by atoms with Gasteiger partial charge in [0, 0.05) is 32.4 Å². The topological polar surface area (TPSA) is 101 Å². The maximum Gasteiger partial charge on any atom is 0.273 e. The number of nitro benzene ring substituents is 1. The minimum absolute atomic E-state index is 0.00128. The van der Waals surface area contributed by atoms with Crippen molar-refractivity contribution in [3.8, 4) is 0 Å². The number of benzene rings is 2. The highest BCUT2D eigenvalue weighted by molar-refractivity contribution is 9.12. The van der Waals surface area contributed by atoms with E-state index in [1.807, 2.05) is 0 Å². The van der Waals surface area contributed by atoms with Gasteiger partial charge in [-0.2, -0.15) is 5.01 Å². The predicted octanol–water partition coefficient (Wildman–Crippen LogP) is 4.58. The molecule has 6 atom stereocenters. The predicted molar refractivity (Wildman–Crippen MR) is 130 cm³/mol. The van der Waals surface area contributed by atoms with Gasteiger partial charge in [-0.1, -0.05) is 67.7 Å². The van der Waals surface area contributed by atoms with Crippen molar-refractivity contribution in [2.24, 2.45) is 23.7 Å². The fraction of sp³-hybridized carbons (Fsp3) is 0.348. The standard InChI is InChI=1S/C23H18Br2ClN3O5/c24-19-14-9-15(20(19)25)18-17(14)22(31)28(23(18)32)27(10-12-4-1-2-7-16(12)26)21(30)11-5-3-6-13(8-11)29(33)34/h1-8,14-15,17-20H,9-10H2/t14-,15-,17-,18-,19+,20+/m1/s1. The molecule has 1 aliphatic heterocycles. The van der Waals surface area contributed by atoms with Crippen molar-refractivity contribution in [1.82, 2.24) is 10.0 Å². The van der Waals surface area contributed by atoms with E-state index in [2.05, 4.69) is 31.9 Å². The largest absolute Gasteiger partial charge is 0.273 e. The first-order valence-electron chi connectivity index (χ1n) is 10.7. The van der Waals surface area contributed by atoms with Gasteiger partial charge < -0.3 is 0 Å². The van der Waals surface area contributed by atoms with Crippen LogP contribution < -0.4 is 0 Å². The average Bonchev–Trinajstić information content (AvgIpc) is 3.43. The molecule has 0 N–H and O–H groups in total. The van der Waals surface area contributed by atoms with E-state index in [0.29, 0.717) is 10.6 Å². The summed E-state index contributed by atoms with van der Waals surface area (Å²) in [5.74, 6) is -2.59. The van der Waals surface area contributed by atoms with Gasteiger partial charge >= 0.3 is 0 Å². The summed E-state index contributed by atoms with van der Waals surface area (Å²) in [4.78, 5) is 51.6. The first-order chi connectivity index (χ1) is 16.2. The molecule has 1 heterocycles. The monoisotopic (exact) mass is 609 g/mol. The minimum Gasteiger partial charge on any atom is -0.272 e. The molecule has 11 heteroatoms. The molecule has 2 saturated carbocycles. The van der Waals surface area contributed by atoms with Gasteiger partial charge in [-0.25, -0.2) is 5.01 Å². The van der Waals surface area contributed by atoms with Crippen LogP contribution in [-0.2, 0) is 16.1 Å². The number of fused-ring (bicyclic) bond motifs is 5. The summed E-state index contributed by atoms with van der Waals surface area (Å²) < 4.78 is 0. The zero-order valence-corrected chi connectivity index (χ0v) is 21.4. The molecule has 2 aliphatic carbocycles. The lowest BCUT2D eigenvalue weighted by atomic mass is 9.81. The molecule has 0 unspecified atom stereocenters. The number of carbonyl (C=O) groups excluding carboxylic acids is 3. The molecular formula is C23H18Br2ClN3O5. The number of nitro groups is 1. The van der Waals surface area contributed by atoms with E-state index in [4.69, 9.17) is 11.6 Å². The minimum atomic E-state index is -0.691. The Morgan fingerprint density at radius 2 is 1.68 bits per heavy atom. The van der Waals surface area contributed by atoms with E-state index in [1.165, 1.54) is 18.2 Å². The van der Waals surface area contributed by atoms with Crippen molar-refractivity contribution in [3.05, 3.63) is 74.8 Å². The zero-order valence-electron chi connectivity index (χ0n) is 17.5. The van der Waals surface area contributed by atoms with Crippen LogP contribution in [0.5, 0.6) is 0 Å². The van der Waals surface area contributed by atoms with Crippen molar-refractivity contribution in [3.63, 3.8) is 0 Å². The maximum absolute atomic E-state index is 13.6. The molecule has 34 heavy (non-hydrogen) atoms. The normalized spacial score (nSPS) is 29.4. The molecule has 0 spiro atoms. The molecule has 176 valence electrons. The summed E-state index contributed by atoms with van der Waals surface area (Å²) >= 11 is 13.7. The number of rotatable bonds is 5. The Balaban J connectivity index is 1.55. The summed E-state index contributed by atoms with van der Waals surface area (Å²) in [6.07, 6.45) is 0.760. The SMILES string of the molecule is O=C(c1cccc([N+](=O)[O-])c1)N(Cc1ccccc1Cl)N1C(=O)[C@@H]2[C@H]3C[C@@H]([C@H](Br)[C@H]3Br)[C@H]2C1=O. The number of hydrogen-bond donors (Lipinski definition) is 0. The molecule has 3 amide bonds. The van der Waals surface area contributed by atoms with Gasteiger partial charge in [-0.15, -0.1) is 0 Å². The van der Waals surface area contributed by atoms with Gasteiger partial charge in [0.15, 0.2) is 0 Å². The van der Waals surface area contributed by atoms with Crippen LogP contribution in [0.15, 0.2) is 48.5 Å². The first kappa shape index (κ1) is 23.4. The number of amides is 3. The molecular weight excluding hydrogens is 594 g/mol. The van der Waals surface area contributed by atoms with E-state index in [0.717, 1.165) is 22.5 Å². The van der Waals surface area contributed by atoms with Crippen molar-refractivity contribution in [1.29, 1.82) is 0 Å². The lowest BCUT2D eigenvalue weighted by Gasteiger charge is -2.31. The number of carbonyl (C=O) groups is 3. The molecule has 3 fully saturated rings. The van der Waals surface area contributed by atoms with E-state index in [-0.39, 0.29) is 39.3 Å². The number of halogens is 3. The lowest BCUT2D eigenvalue weighted by Crippen LogP contribution is -2.50. The van der Waals surface area contributed by atoms with E-state index < -0.39 is 34.5 Å². The Bertz CT molecular complexity index is 1190. The molecule has 1 saturated heterocycles. The van der Waals surface area contributed by atoms with Gasteiger partial charge in [-0.3, -0.25) is 24.5 Å². The second kappa shape index (κ2) is 8.73. The molecule has 2 bridgehead atoms. The fourth-order valence-corrected chi connectivity index (χ4v) is 7.56. The fourth-order valence-electron chi connectivity index (χ4n) is 5.49. The molecule has 3 aliphatic rings. The van der Waals surface area contributed by atoms with Crippen LogP contribution >= 0.6 is 43.5 Å². The molecule has 8 nitrogen and oxygen atoms in total. The Morgan fingerprint density at radius 1 is 1.06 bits per heavy atom. The quantitative estimate of drug-likeness (QED) is 0.213. The summed E-state index contributed by atoms with van der Waals surface area (Å²) in [7, 11) is 0. The maximum atomic E-state index is 13.6. The van der Waals surface area contributed by atoms with Crippen molar-refractivity contribution in [2.75, 3.05) is 0 Å². The number of nitrogens with zero attached hydrogens (tertiary/aromatic N) is 3. The number of hydrazine groups is 1. The van der Waals surface area contributed by atoms with Crippen LogP contribution in [-0.4, -0.2) is 42.3 Å². The molecule has 2 aromatic carbocycles. The Morgan fingerprint density at radius 3 is 2.26 bits per heavy atom. The highest BCUT2D eigenvalue weighted by Gasteiger charge is 2.67. The number of alkyl halides is 2. The molecule has 2 aromatic rings. The number of non-ortho nitro benzene ring substituents is 1. The van der Waals surface area contributed by atoms with Gasteiger partial charge in [-0.05, 0) is 36.0 Å². The summed E-state index contributed by atoms with van der Waals surface area (Å²) in [6.45, 7) is -0.136. The molecule has 0 aromatic heterocycles. The van der Waals surface area contributed by atoms with E-state index in [9.17, 15) is 24.5 Å². The lowest BCUT2D eigenvalue weighted by molar-refractivity contribution is -0.384. The Hall–Kier alpha value is -2.30. The van der Waals surface area contributed by atoms with Crippen LogP contribution in [0.1, 0.15) is 22.3 Å². The highest BCUT2D eigenvalue weighted by Crippen LogP contribution is 2.60. The highest BCUT2D eigenvalue weighted by atomic mass is 79.9. The van der Waals surface area contributed by atoms with E-state index in [1.54, 1.807) is 24.3 Å². The third-order valence-corrected chi connectivity index (χ3v) is 10.6. The second-order valence-corrected chi connectivity index (χ2v) is 11.3. The van der Waals surface area contributed by atoms with Crippen LogP contribution in [0.3, 0.4) is 0 Å². The van der Waals surface area contributed by atoms with Gasteiger partial charge in [0.2, 0.25) is 0 Å². The number of imide groups is 1.